The van der Waals surface area contributed by atoms with Gasteiger partial charge in [-0.15, -0.1) is 0 Å². The van der Waals surface area contributed by atoms with Crippen molar-refractivity contribution >= 4 is 21.4 Å². The quantitative estimate of drug-likeness (QED) is 0.702. The zero-order valence-electron chi connectivity index (χ0n) is 19.8. The van der Waals surface area contributed by atoms with Crippen molar-refractivity contribution in [2.45, 2.75) is 51.1 Å². The zero-order valence-corrected chi connectivity index (χ0v) is 20.6. The fraction of sp³-hybridized carbons (Fsp3) is 0.538. The molecular formula is C26H33N3O3S. The number of fused-ring (bicyclic) bond motifs is 2. The maximum atomic E-state index is 13.1. The number of nitrogens with zero attached hydrogens (tertiary/aromatic N) is 2. The Kier molecular flexibility index (Phi) is 5.31. The minimum Gasteiger partial charge on any atom is -0.380 e. The number of carbonyl (C=O) groups is 1. The molecule has 176 valence electrons. The number of amides is 1. The number of nitrogens with one attached hydrogen (secondary N) is 1. The molecule has 1 saturated heterocycles. The average molecular weight is 468 g/mol. The van der Waals surface area contributed by atoms with Crippen molar-refractivity contribution in [3.63, 3.8) is 0 Å². The number of rotatable bonds is 6. The third-order valence-corrected chi connectivity index (χ3v) is 9.97. The number of aromatic nitrogens is 1. The van der Waals surface area contributed by atoms with Gasteiger partial charge in [0.25, 0.3) is 0 Å². The van der Waals surface area contributed by atoms with Gasteiger partial charge in [-0.05, 0) is 47.9 Å². The molecule has 2 aromatic rings. The Morgan fingerprint density at radius 3 is 2.48 bits per heavy atom. The van der Waals surface area contributed by atoms with Gasteiger partial charge in [0.2, 0.25) is 5.91 Å². The van der Waals surface area contributed by atoms with Crippen LogP contribution < -0.4 is 5.32 Å². The molecule has 5 rings (SSSR count). The molecule has 4 atom stereocenters. The molecular weight excluding hydrogens is 434 g/mol. The van der Waals surface area contributed by atoms with Crippen LogP contribution in [0.4, 0.5) is 5.69 Å². The number of pyridine rings is 1. The van der Waals surface area contributed by atoms with E-state index in [0.717, 1.165) is 24.2 Å². The van der Waals surface area contributed by atoms with Gasteiger partial charge in [0.15, 0.2) is 9.84 Å². The monoisotopic (exact) mass is 467 g/mol. The predicted molar refractivity (Wildman–Crippen MR) is 130 cm³/mol. The molecule has 0 bridgehead atoms. The highest BCUT2D eigenvalue weighted by Gasteiger charge is 2.62. The first-order chi connectivity index (χ1) is 15.6. The van der Waals surface area contributed by atoms with Crippen LogP contribution in [0.2, 0.25) is 0 Å². The second-order valence-corrected chi connectivity index (χ2v) is 12.7. The average Bonchev–Trinajstić information content (AvgIpc) is 3.20. The molecule has 1 aliphatic heterocycles. The number of hydrogen-bond donors (Lipinski definition) is 1. The van der Waals surface area contributed by atoms with Gasteiger partial charge in [0.1, 0.15) is 0 Å². The largest absolute Gasteiger partial charge is 0.380 e. The lowest BCUT2D eigenvalue weighted by atomic mass is 9.83. The summed E-state index contributed by atoms with van der Waals surface area (Å²) >= 11 is 0. The van der Waals surface area contributed by atoms with E-state index in [9.17, 15) is 13.2 Å². The maximum Gasteiger partial charge on any atom is 0.226 e. The van der Waals surface area contributed by atoms with Gasteiger partial charge in [-0.1, -0.05) is 45.0 Å². The summed E-state index contributed by atoms with van der Waals surface area (Å²) in [4.78, 5) is 19.6. The minimum atomic E-state index is -2.95. The second kappa shape index (κ2) is 7.83. The molecule has 1 aromatic heterocycles. The van der Waals surface area contributed by atoms with Crippen LogP contribution >= 0.6 is 0 Å². The summed E-state index contributed by atoms with van der Waals surface area (Å²) in [6.07, 6.45) is 3.61. The third kappa shape index (κ3) is 3.84. The highest BCUT2D eigenvalue weighted by molar-refractivity contribution is 7.91. The van der Waals surface area contributed by atoms with Crippen LogP contribution in [0.25, 0.3) is 0 Å². The van der Waals surface area contributed by atoms with Crippen LogP contribution in [0.3, 0.4) is 0 Å². The summed E-state index contributed by atoms with van der Waals surface area (Å²) in [5.74, 6) is 0.278. The topological polar surface area (TPSA) is 79.4 Å². The number of hydrogen-bond acceptors (Lipinski definition) is 5. The number of benzene rings is 1. The maximum absolute atomic E-state index is 13.1. The van der Waals surface area contributed by atoms with Crippen LogP contribution in [0, 0.1) is 17.8 Å². The Balaban J connectivity index is 1.26. The molecule has 1 saturated carbocycles. The van der Waals surface area contributed by atoms with Crippen LogP contribution in [0.1, 0.15) is 50.1 Å². The van der Waals surface area contributed by atoms with E-state index in [-0.39, 0.29) is 46.6 Å². The summed E-state index contributed by atoms with van der Waals surface area (Å²) in [5, 5.41) is 3.68. The first-order valence-electron chi connectivity index (χ1n) is 11.9. The van der Waals surface area contributed by atoms with Crippen molar-refractivity contribution in [2.75, 3.05) is 23.9 Å². The van der Waals surface area contributed by atoms with Gasteiger partial charge in [-0.25, -0.2) is 8.42 Å². The van der Waals surface area contributed by atoms with E-state index >= 15 is 0 Å². The van der Waals surface area contributed by atoms with E-state index in [0.29, 0.717) is 6.04 Å². The van der Waals surface area contributed by atoms with Gasteiger partial charge in [0, 0.05) is 24.4 Å². The molecule has 3 aliphatic rings. The third-order valence-electron chi connectivity index (χ3n) is 8.19. The number of sulfone groups is 1. The molecule has 2 aliphatic carbocycles. The second-order valence-electron chi connectivity index (χ2n) is 10.6. The first-order valence-corrected chi connectivity index (χ1v) is 13.7. The van der Waals surface area contributed by atoms with Crippen molar-refractivity contribution in [1.82, 2.24) is 9.88 Å². The molecule has 2 heterocycles. The predicted octanol–water partition coefficient (Wildman–Crippen LogP) is 3.60. The Bertz CT molecular complexity index is 1160. The normalized spacial score (nSPS) is 29.1. The van der Waals surface area contributed by atoms with E-state index in [1.54, 1.807) is 4.90 Å². The highest BCUT2D eigenvalue weighted by Crippen LogP contribution is 2.54. The highest BCUT2D eigenvalue weighted by atomic mass is 32.2. The van der Waals surface area contributed by atoms with E-state index in [2.05, 4.69) is 56.4 Å². The molecule has 2 fully saturated rings. The van der Waals surface area contributed by atoms with Gasteiger partial charge in [-0.2, -0.15) is 0 Å². The van der Waals surface area contributed by atoms with E-state index in [1.807, 2.05) is 19.3 Å². The molecule has 1 N–H and O–H groups in total. The summed E-state index contributed by atoms with van der Waals surface area (Å²) < 4.78 is 23.5. The van der Waals surface area contributed by atoms with Crippen molar-refractivity contribution in [3.8, 4) is 0 Å². The number of anilines is 1. The van der Waals surface area contributed by atoms with Crippen LogP contribution in [0.15, 0.2) is 42.6 Å². The van der Waals surface area contributed by atoms with Crippen molar-refractivity contribution in [1.29, 1.82) is 0 Å². The smallest absolute Gasteiger partial charge is 0.226 e. The molecule has 33 heavy (non-hydrogen) atoms. The van der Waals surface area contributed by atoms with Crippen LogP contribution in [-0.2, 0) is 26.5 Å². The minimum absolute atomic E-state index is 0.0147. The van der Waals surface area contributed by atoms with E-state index < -0.39 is 9.84 Å². The van der Waals surface area contributed by atoms with Gasteiger partial charge in [0.05, 0.1) is 35.1 Å². The molecule has 0 spiro atoms. The van der Waals surface area contributed by atoms with Crippen molar-refractivity contribution < 1.29 is 13.2 Å². The van der Waals surface area contributed by atoms with Crippen LogP contribution in [-0.4, -0.2) is 48.8 Å². The van der Waals surface area contributed by atoms with Crippen molar-refractivity contribution in [3.05, 3.63) is 59.4 Å². The molecule has 7 heteroatoms. The van der Waals surface area contributed by atoms with Gasteiger partial charge < -0.3 is 10.2 Å². The number of carbonyl (C=O) groups excluding carboxylic acids is 1. The molecule has 1 amide bonds. The summed E-state index contributed by atoms with van der Waals surface area (Å²) in [7, 11) is -1.12. The Labute approximate surface area is 196 Å². The lowest BCUT2D eigenvalue weighted by Gasteiger charge is -2.30. The summed E-state index contributed by atoms with van der Waals surface area (Å²) in [5.41, 5.74) is 4.68. The standard InChI is InChI=1S/C26H33N3O3S/c1-5-22(29(4)25(30)24-18-14-33(31,32)15-19(18)24)21-11-10-17(13-27-21)28-23-12-16-8-6-7-9-20(16)26(23,2)3/h6-11,13,18-19,22-24,28H,5,12,14-15H2,1-4H3/t18?,19?,22-,23?,24?/m1/s1. The Morgan fingerprint density at radius 1 is 1.18 bits per heavy atom. The van der Waals surface area contributed by atoms with Gasteiger partial charge >= 0.3 is 0 Å². The Hall–Kier alpha value is -2.41. The molecule has 0 radical (unpaired) electrons. The molecule has 1 aromatic carbocycles. The fourth-order valence-electron chi connectivity index (χ4n) is 6.10. The van der Waals surface area contributed by atoms with Gasteiger partial charge in [-0.3, -0.25) is 9.78 Å². The summed E-state index contributed by atoms with van der Waals surface area (Å²) in [6.45, 7) is 6.62. The zero-order chi connectivity index (χ0) is 23.5. The SMILES string of the molecule is CC[C@H](c1ccc(NC2Cc3ccccc3C2(C)C)cn1)N(C)C(=O)C1C2CS(=O)(=O)CC21. The van der Waals surface area contributed by atoms with Crippen molar-refractivity contribution in [2.24, 2.45) is 17.8 Å². The van der Waals surface area contributed by atoms with E-state index in [1.165, 1.54) is 11.1 Å². The molecule has 3 unspecified atom stereocenters. The lowest BCUT2D eigenvalue weighted by molar-refractivity contribution is -0.134. The lowest BCUT2D eigenvalue weighted by Crippen LogP contribution is -2.36. The molecule has 6 nitrogen and oxygen atoms in total. The van der Waals surface area contributed by atoms with Crippen LogP contribution in [0.5, 0.6) is 0 Å². The summed E-state index contributed by atoms with van der Waals surface area (Å²) in [6, 6.07) is 12.9. The first kappa shape index (κ1) is 22.4. The van der Waals surface area contributed by atoms with E-state index in [4.69, 9.17) is 4.98 Å². The fourth-order valence-corrected chi connectivity index (χ4v) is 8.32. The Morgan fingerprint density at radius 2 is 1.88 bits per heavy atom.